The Kier molecular flexibility index (Phi) is 4.58. The molecular weight excluding hydrogens is 480 g/mol. The van der Waals surface area contributed by atoms with Crippen LogP contribution in [0.4, 0.5) is 5.69 Å². The lowest BCUT2D eigenvalue weighted by molar-refractivity contribution is 0.551. The molecule has 1 unspecified atom stereocenters. The third-order valence-corrected chi connectivity index (χ3v) is 9.17. The van der Waals surface area contributed by atoms with Crippen LogP contribution in [0.15, 0.2) is 54.3 Å². The highest BCUT2D eigenvalue weighted by Crippen LogP contribution is 2.63. The Morgan fingerprint density at radius 1 is 1.23 bits per heavy atom. The minimum absolute atomic E-state index is 0.0606. The maximum atomic E-state index is 6.74. The first-order chi connectivity index (χ1) is 17.1. The highest BCUT2D eigenvalue weighted by atomic mass is 35.5. The topological polar surface area (TPSA) is 102 Å². The van der Waals surface area contributed by atoms with E-state index in [1.807, 2.05) is 18.3 Å². The lowest BCUT2D eigenvalue weighted by Gasteiger charge is -2.26. The fraction of sp³-hybridized carbons (Fsp3) is 0.280. The monoisotopic (exact) mass is 502 g/mol. The number of benzene rings is 1. The minimum Gasteiger partial charge on any atom is -0.371 e. The number of nitrogens with zero attached hydrogens (tertiary/aromatic N) is 6. The molecule has 5 heterocycles. The maximum absolute atomic E-state index is 6.74. The number of nitrogens with two attached hydrogens (primary N) is 1. The summed E-state index contributed by atoms with van der Waals surface area (Å²) in [5, 5.41) is 17.0. The van der Waals surface area contributed by atoms with Crippen molar-refractivity contribution in [2.75, 3.05) is 24.5 Å². The van der Waals surface area contributed by atoms with Crippen LogP contribution >= 0.6 is 22.9 Å². The molecule has 5 aromatic rings. The summed E-state index contributed by atoms with van der Waals surface area (Å²) in [5.74, 6) is 1.70. The summed E-state index contributed by atoms with van der Waals surface area (Å²) >= 11 is 8.50. The number of fused-ring (bicyclic) bond motifs is 2. The van der Waals surface area contributed by atoms with E-state index in [-0.39, 0.29) is 5.41 Å². The van der Waals surface area contributed by atoms with Gasteiger partial charge in [0.2, 0.25) is 0 Å². The van der Waals surface area contributed by atoms with Crippen LogP contribution in [-0.4, -0.2) is 49.6 Å². The van der Waals surface area contributed by atoms with E-state index in [0.717, 1.165) is 40.9 Å². The lowest BCUT2D eigenvalue weighted by Crippen LogP contribution is -2.34. The first kappa shape index (κ1) is 21.0. The molecule has 1 aliphatic carbocycles. The van der Waals surface area contributed by atoms with E-state index in [0.29, 0.717) is 29.2 Å². The van der Waals surface area contributed by atoms with Crippen molar-refractivity contribution in [3.63, 3.8) is 0 Å². The molecule has 1 saturated heterocycles. The van der Waals surface area contributed by atoms with Gasteiger partial charge < -0.3 is 10.6 Å². The van der Waals surface area contributed by atoms with Crippen molar-refractivity contribution < 1.29 is 0 Å². The van der Waals surface area contributed by atoms with Gasteiger partial charge in [-0.1, -0.05) is 11.6 Å². The number of rotatable bonds is 5. The highest BCUT2D eigenvalue weighted by molar-refractivity contribution is 7.09. The van der Waals surface area contributed by atoms with Crippen LogP contribution in [0, 0.1) is 18.8 Å². The minimum atomic E-state index is 0.0606. The molecule has 2 fully saturated rings. The van der Waals surface area contributed by atoms with Crippen LogP contribution in [-0.2, 0) is 5.41 Å². The fourth-order valence-corrected chi connectivity index (χ4v) is 7.22. The zero-order chi connectivity index (χ0) is 23.7. The van der Waals surface area contributed by atoms with Crippen molar-refractivity contribution in [2.45, 2.75) is 12.3 Å². The predicted octanol–water partition coefficient (Wildman–Crippen LogP) is 4.19. The SMILES string of the molecule is Cc1csc(C2(CN)[C@@H]3CN(c4ccc5c(-c6ccnc(-n7cccn7)c6Cl)n[nH]c5c4)C[C@@H]32)n1. The quantitative estimate of drug-likeness (QED) is 0.373. The van der Waals surface area contributed by atoms with Gasteiger partial charge in [-0.2, -0.15) is 10.2 Å². The zero-order valence-corrected chi connectivity index (χ0v) is 20.6. The molecule has 1 aromatic carbocycles. The molecule has 0 bridgehead atoms. The molecule has 3 atom stereocenters. The Bertz CT molecular complexity index is 1540. The number of aromatic nitrogens is 6. The number of hydrogen-bond acceptors (Lipinski definition) is 7. The van der Waals surface area contributed by atoms with Gasteiger partial charge in [-0.25, -0.2) is 14.6 Å². The van der Waals surface area contributed by atoms with Crippen LogP contribution in [0.2, 0.25) is 5.02 Å². The Balaban J connectivity index is 1.17. The lowest BCUT2D eigenvalue weighted by atomic mass is 10.0. The molecule has 7 rings (SSSR count). The summed E-state index contributed by atoms with van der Waals surface area (Å²) in [6.45, 7) is 4.71. The molecule has 2 aliphatic rings. The number of anilines is 1. The third-order valence-electron chi connectivity index (χ3n) is 7.65. The van der Waals surface area contributed by atoms with E-state index < -0.39 is 0 Å². The molecule has 1 saturated carbocycles. The van der Waals surface area contributed by atoms with Crippen LogP contribution in [0.5, 0.6) is 0 Å². The summed E-state index contributed by atoms with van der Waals surface area (Å²) in [6.07, 6.45) is 5.26. The van der Waals surface area contributed by atoms with Crippen LogP contribution in [0.25, 0.3) is 28.0 Å². The van der Waals surface area contributed by atoms with E-state index in [9.17, 15) is 0 Å². The van der Waals surface area contributed by atoms with Crippen molar-refractivity contribution in [3.8, 4) is 17.1 Å². The van der Waals surface area contributed by atoms with Gasteiger partial charge in [-0.15, -0.1) is 11.3 Å². The van der Waals surface area contributed by atoms with E-state index in [1.165, 1.54) is 10.7 Å². The summed E-state index contributed by atoms with van der Waals surface area (Å²) in [4.78, 5) is 11.6. The molecular formula is C25H23ClN8S. The third kappa shape index (κ3) is 3.01. The van der Waals surface area contributed by atoms with E-state index >= 15 is 0 Å². The summed E-state index contributed by atoms with van der Waals surface area (Å²) < 4.78 is 1.66. The van der Waals surface area contributed by atoms with Crippen molar-refractivity contribution in [1.29, 1.82) is 0 Å². The van der Waals surface area contributed by atoms with Crippen molar-refractivity contribution in [1.82, 2.24) is 29.9 Å². The van der Waals surface area contributed by atoms with Crippen molar-refractivity contribution in [2.24, 2.45) is 17.6 Å². The van der Waals surface area contributed by atoms with E-state index in [4.69, 9.17) is 22.3 Å². The number of pyridine rings is 1. The number of aromatic amines is 1. The van der Waals surface area contributed by atoms with Gasteiger partial charge in [0.15, 0.2) is 5.82 Å². The molecule has 0 amide bonds. The summed E-state index contributed by atoms with van der Waals surface area (Å²) in [5.41, 5.74) is 11.2. The number of thiazole rings is 1. The van der Waals surface area contributed by atoms with Crippen molar-refractivity contribution in [3.05, 3.63) is 70.0 Å². The number of H-pyrrole nitrogens is 1. The van der Waals surface area contributed by atoms with Gasteiger partial charge in [0.1, 0.15) is 10.7 Å². The highest BCUT2D eigenvalue weighted by Gasteiger charge is 2.69. The smallest absolute Gasteiger partial charge is 0.172 e. The standard InChI is InChI=1S/C25H23ClN8S/c1-14-12-35-24(30-14)25(13-27)18-10-33(11-19(18)25)15-3-4-16-20(9-15)31-32-22(16)17-5-7-28-23(21(17)26)34-8-2-6-29-34/h2-9,12,18-19H,10-11,13,27H2,1H3,(H,31,32)/t18-,19+,25?. The first-order valence-corrected chi connectivity index (χ1v) is 12.9. The summed E-state index contributed by atoms with van der Waals surface area (Å²) in [6, 6.07) is 10.2. The normalized spacial score (nSPS) is 23.2. The van der Waals surface area contributed by atoms with Gasteiger partial charge in [0.25, 0.3) is 0 Å². The van der Waals surface area contributed by atoms with E-state index in [2.05, 4.69) is 55.7 Å². The average molecular weight is 503 g/mol. The molecule has 176 valence electrons. The first-order valence-electron chi connectivity index (χ1n) is 11.6. The Hall–Kier alpha value is -3.27. The second-order valence-corrected chi connectivity index (χ2v) is 10.6. The molecule has 4 aromatic heterocycles. The fourth-order valence-electron chi connectivity index (χ4n) is 5.80. The average Bonchev–Trinajstić information content (AvgIpc) is 3.53. The van der Waals surface area contributed by atoms with Crippen LogP contribution in [0.3, 0.4) is 0 Å². The molecule has 10 heteroatoms. The summed E-state index contributed by atoms with van der Waals surface area (Å²) in [7, 11) is 0. The second kappa shape index (κ2) is 7.61. The van der Waals surface area contributed by atoms with Crippen LogP contribution in [0.1, 0.15) is 10.7 Å². The number of halogens is 1. The number of nitrogens with one attached hydrogen (secondary N) is 1. The number of aryl methyl sites for hydroxylation is 1. The number of piperidine rings is 1. The Labute approximate surface area is 210 Å². The maximum Gasteiger partial charge on any atom is 0.172 e. The van der Waals surface area contributed by atoms with Gasteiger partial charge in [-0.05, 0) is 49.1 Å². The molecule has 3 N–H and O–H groups in total. The zero-order valence-electron chi connectivity index (χ0n) is 19.0. The Morgan fingerprint density at radius 3 is 2.80 bits per heavy atom. The van der Waals surface area contributed by atoms with Gasteiger partial charge in [0, 0.05) is 71.4 Å². The second-order valence-electron chi connectivity index (χ2n) is 9.41. The molecule has 35 heavy (non-hydrogen) atoms. The molecule has 8 nitrogen and oxygen atoms in total. The largest absolute Gasteiger partial charge is 0.371 e. The Morgan fingerprint density at radius 2 is 2.09 bits per heavy atom. The molecule has 0 spiro atoms. The molecule has 0 radical (unpaired) electrons. The van der Waals surface area contributed by atoms with E-state index in [1.54, 1.807) is 28.4 Å². The van der Waals surface area contributed by atoms with Crippen molar-refractivity contribution >= 4 is 39.5 Å². The van der Waals surface area contributed by atoms with Crippen LogP contribution < -0.4 is 10.6 Å². The predicted molar refractivity (Wildman–Crippen MR) is 138 cm³/mol. The van der Waals surface area contributed by atoms with Gasteiger partial charge in [-0.3, -0.25) is 5.10 Å². The molecule has 1 aliphatic heterocycles. The van der Waals surface area contributed by atoms with Gasteiger partial charge in [0.05, 0.1) is 10.5 Å². The van der Waals surface area contributed by atoms with Gasteiger partial charge >= 0.3 is 0 Å². The number of hydrogen-bond donors (Lipinski definition) is 2.